The average molecular weight is 192 g/mol. The molecule has 1 heterocycles. The summed E-state index contributed by atoms with van der Waals surface area (Å²) in [5.41, 5.74) is 5.70. The van der Waals surface area contributed by atoms with Gasteiger partial charge in [0.25, 0.3) is 0 Å². The highest BCUT2D eigenvalue weighted by Gasteiger charge is 2.32. The van der Waals surface area contributed by atoms with Crippen LogP contribution in [-0.2, 0) is 0 Å². The molecule has 0 spiro atoms. The number of nitrogens with zero attached hydrogens (tertiary/aromatic N) is 1. The molecule has 72 valence electrons. The number of nitrogen functional groups attached to an aromatic ring is 1. The minimum Gasteiger partial charge on any atom is -0.394 e. The molecule has 13 heavy (non-hydrogen) atoms. The minimum absolute atomic E-state index is 0.0974. The fourth-order valence-corrected chi connectivity index (χ4v) is 0.736. The Morgan fingerprint density at radius 2 is 2.08 bits per heavy atom. The third kappa shape index (κ3) is 2.50. The van der Waals surface area contributed by atoms with Crippen LogP contribution in [0.3, 0.4) is 0 Å². The monoisotopic (exact) mass is 192 g/mol. The van der Waals surface area contributed by atoms with Crippen LogP contribution in [0.2, 0.25) is 0 Å². The molecule has 0 bridgehead atoms. The molecule has 1 aromatic rings. The van der Waals surface area contributed by atoms with Crippen LogP contribution < -0.4 is 10.5 Å². The highest BCUT2D eigenvalue weighted by Crippen LogP contribution is 2.27. The number of pyridine rings is 1. The SMILES string of the molecule is Cc1ccnc(OC(F)(F)F)c1N. The summed E-state index contributed by atoms with van der Waals surface area (Å²) < 4.78 is 38.8. The zero-order valence-corrected chi connectivity index (χ0v) is 6.72. The fraction of sp³-hybridized carbons (Fsp3) is 0.286. The van der Waals surface area contributed by atoms with Gasteiger partial charge in [0.1, 0.15) is 0 Å². The maximum absolute atomic E-state index is 11.7. The quantitative estimate of drug-likeness (QED) is 0.738. The van der Waals surface area contributed by atoms with E-state index in [2.05, 4.69) is 9.72 Å². The number of aromatic nitrogens is 1. The van der Waals surface area contributed by atoms with Crippen molar-refractivity contribution < 1.29 is 17.9 Å². The lowest BCUT2D eigenvalue weighted by Crippen LogP contribution is -2.19. The smallest absolute Gasteiger partial charge is 0.394 e. The van der Waals surface area contributed by atoms with E-state index in [0.29, 0.717) is 5.56 Å². The van der Waals surface area contributed by atoms with Crippen LogP contribution in [0.5, 0.6) is 5.88 Å². The van der Waals surface area contributed by atoms with Gasteiger partial charge in [0.2, 0.25) is 5.88 Å². The highest BCUT2D eigenvalue weighted by molar-refractivity contribution is 5.53. The molecular formula is C7H7F3N2O. The second-order valence-corrected chi connectivity index (χ2v) is 2.39. The Kier molecular flexibility index (Phi) is 2.31. The molecule has 0 aromatic carbocycles. The van der Waals surface area contributed by atoms with Crippen LogP contribution in [0, 0.1) is 6.92 Å². The number of hydrogen-bond donors (Lipinski definition) is 1. The van der Waals surface area contributed by atoms with Gasteiger partial charge in [0, 0.05) is 6.20 Å². The van der Waals surface area contributed by atoms with Gasteiger partial charge in [-0.05, 0) is 18.6 Å². The standard InChI is InChI=1S/C7H7F3N2O/c1-4-2-3-12-6(5(4)11)13-7(8,9)10/h2-3H,11H2,1H3. The molecule has 0 aliphatic carbocycles. The molecule has 0 saturated carbocycles. The van der Waals surface area contributed by atoms with Gasteiger partial charge >= 0.3 is 6.36 Å². The van der Waals surface area contributed by atoms with Crippen LogP contribution >= 0.6 is 0 Å². The number of rotatable bonds is 1. The summed E-state index contributed by atoms with van der Waals surface area (Å²) in [6.07, 6.45) is -3.55. The zero-order valence-electron chi connectivity index (χ0n) is 6.72. The van der Waals surface area contributed by atoms with E-state index in [9.17, 15) is 13.2 Å². The molecule has 0 amide bonds. The number of anilines is 1. The summed E-state index contributed by atoms with van der Waals surface area (Å²) in [5.74, 6) is -0.604. The van der Waals surface area contributed by atoms with Gasteiger partial charge in [0.05, 0.1) is 5.69 Å². The fourth-order valence-electron chi connectivity index (χ4n) is 0.736. The molecule has 6 heteroatoms. The Morgan fingerprint density at radius 1 is 1.46 bits per heavy atom. The number of aryl methyl sites for hydroxylation is 1. The third-order valence-corrected chi connectivity index (χ3v) is 1.38. The van der Waals surface area contributed by atoms with E-state index in [1.165, 1.54) is 12.3 Å². The van der Waals surface area contributed by atoms with Crippen molar-refractivity contribution >= 4 is 5.69 Å². The van der Waals surface area contributed by atoms with E-state index in [1.807, 2.05) is 0 Å². The van der Waals surface area contributed by atoms with Crippen molar-refractivity contribution in [2.75, 3.05) is 5.73 Å². The molecule has 0 fully saturated rings. The number of hydrogen-bond acceptors (Lipinski definition) is 3. The van der Waals surface area contributed by atoms with Crippen molar-refractivity contribution in [3.05, 3.63) is 17.8 Å². The van der Waals surface area contributed by atoms with Crippen LogP contribution in [-0.4, -0.2) is 11.3 Å². The van der Waals surface area contributed by atoms with Gasteiger partial charge in [-0.2, -0.15) is 0 Å². The predicted molar refractivity (Wildman–Crippen MR) is 40.1 cm³/mol. The van der Waals surface area contributed by atoms with Crippen molar-refractivity contribution in [3.63, 3.8) is 0 Å². The molecule has 3 nitrogen and oxygen atoms in total. The highest BCUT2D eigenvalue weighted by atomic mass is 19.4. The first kappa shape index (κ1) is 9.63. The molecule has 1 rings (SSSR count). The van der Waals surface area contributed by atoms with Crippen molar-refractivity contribution in [3.8, 4) is 5.88 Å². The van der Waals surface area contributed by atoms with Crippen LogP contribution in [0.4, 0.5) is 18.9 Å². The Hall–Kier alpha value is -1.46. The second kappa shape index (κ2) is 3.12. The number of halogens is 3. The van der Waals surface area contributed by atoms with E-state index < -0.39 is 12.2 Å². The normalized spacial score (nSPS) is 11.4. The van der Waals surface area contributed by atoms with Crippen molar-refractivity contribution in [1.29, 1.82) is 0 Å². The van der Waals surface area contributed by atoms with Gasteiger partial charge in [0.15, 0.2) is 0 Å². The summed E-state index contributed by atoms with van der Waals surface area (Å²) in [4.78, 5) is 3.36. The number of alkyl halides is 3. The lowest BCUT2D eigenvalue weighted by Gasteiger charge is -2.10. The third-order valence-electron chi connectivity index (χ3n) is 1.38. The van der Waals surface area contributed by atoms with E-state index in [1.54, 1.807) is 6.92 Å². The minimum atomic E-state index is -4.76. The molecule has 0 aliphatic heterocycles. The Balaban J connectivity index is 2.96. The summed E-state index contributed by atoms with van der Waals surface area (Å²) in [7, 11) is 0. The Labute approximate surface area is 72.3 Å². The van der Waals surface area contributed by atoms with E-state index >= 15 is 0 Å². The largest absolute Gasteiger partial charge is 0.574 e. The first-order valence-corrected chi connectivity index (χ1v) is 3.37. The summed E-state index contributed by atoms with van der Waals surface area (Å²) >= 11 is 0. The Bertz CT molecular complexity index is 311. The molecule has 0 aliphatic rings. The lowest BCUT2D eigenvalue weighted by molar-refractivity contribution is -0.275. The zero-order chi connectivity index (χ0) is 10.1. The van der Waals surface area contributed by atoms with Gasteiger partial charge in [-0.15, -0.1) is 13.2 Å². The van der Waals surface area contributed by atoms with Crippen molar-refractivity contribution in [2.45, 2.75) is 13.3 Å². The topological polar surface area (TPSA) is 48.1 Å². The molecule has 0 atom stereocenters. The lowest BCUT2D eigenvalue weighted by atomic mass is 10.2. The van der Waals surface area contributed by atoms with Crippen molar-refractivity contribution in [1.82, 2.24) is 4.98 Å². The second-order valence-electron chi connectivity index (χ2n) is 2.39. The van der Waals surface area contributed by atoms with Gasteiger partial charge in [-0.25, -0.2) is 4.98 Å². The maximum atomic E-state index is 11.7. The molecule has 0 saturated heterocycles. The van der Waals surface area contributed by atoms with Crippen molar-refractivity contribution in [2.24, 2.45) is 0 Å². The van der Waals surface area contributed by atoms with Gasteiger partial charge in [-0.1, -0.05) is 0 Å². The first-order chi connectivity index (χ1) is 5.90. The Morgan fingerprint density at radius 3 is 2.62 bits per heavy atom. The van der Waals surface area contributed by atoms with Gasteiger partial charge in [-0.3, -0.25) is 0 Å². The summed E-state index contributed by atoms with van der Waals surface area (Å²) in [5, 5.41) is 0. The van der Waals surface area contributed by atoms with Gasteiger partial charge < -0.3 is 10.5 Å². The van der Waals surface area contributed by atoms with Crippen LogP contribution in [0.1, 0.15) is 5.56 Å². The molecule has 0 unspecified atom stereocenters. The predicted octanol–water partition coefficient (Wildman–Crippen LogP) is 1.87. The molecule has 2 N–H and O–H groups in total. The number of nitrogens with two attached hydrogens (primary N) is 1. The van der Waals surface area contributed by atoms with E-state index in [0.717, 1.165) is 0 Å². The first-order valence-electron chi connectivity index (χ1n) is 3.37. The summed E-state index contributed by atoms with van der Waals surface area (Å²) in [6, 6.07) is 1.50. The maximum Gasteiger partial charge on any atom is 0.574 e. The average Bonchev–Trinajstić information content (AvgIpc) is 1.96. The van der Waals surface area contributed by atoms with Crippen LogP contribution in [0.25, 0.3) is 0 Å². The number of ether oxygens (including phenoxy) is 1. The molecule has 1 aromatic heterocycles. The van der Waals surface area contributed by atoms with E-state index in [4.69, 9.17) is 5.73 Å². The molecule has 0 radical (unpaired) electrons. The van der Waals surface area contributed by atoms with E-state index in [-0.39, 0.29) is 5.69 Å². The van der Waals surface area contributed by atoms with Crippen LogP contribution in [0.15, 0.2) is 12.3 Å². The molecular weight excluding hydrogens is 185 g/mol. The summed E-state index contributed by atoms with van der Waals surface area (Å²) in [6.45, 7) is 1.57.